The molecule has 2 heterocycles. The van der Waals surface area contributed by atoms with E-state index in [1.165, 1.54) is 6.07 Å². The minimum absolute atomic E-state index is 0.117. The zero-order valence-corrected chi connectivity index (χ0v) is 12.5. The van der Waals surface area contributed by atoms with Gasteiger partial charge in [0.1, 0.15) is 0 Å². The van der Waals surface area contributed by atoms with Gasteiger partial charge in [0.25, 0.3) is 11.1 Å². The summed E-state index contributed by atoms with van der Waals surface area (Å²) in [6, 6.07) is 11.0. The number of rotatable bonds is 4. The van der Waals surface area contributed by atoms with Gasteiger partial charge in [0.05, 0.1) is 6.61 Å². The van der Waals surface area contributed by atoms with E-state index in [4.69, 9.17) is 4.74 Å². The van der Waals surface area contributed by atoms with E-state index in [9.17, 15) is 14.4 Å². The molecular weight excluding hydrogens is 298 g/mol. The van der Waals surface area contributed by atoms with Crippen molar-refractivity contribution < 1.29 is 9.53 Å². The first-order valence-corrected chi connectivity index (χ1v) is 7.18. The molecular formula is C16H15N3O4. The lowest BCUT2D eigenvalue weighted by Crippen LogP contribution is -2.17. The van der Waals surface area contributed by atoms with Crippen LogP contribution in [0.3, 0.4) is 0 Å². The summed E-state index contributed by atoms with van der Waals surface area (Å²) in [4.78, 5) is 39.0. The summed E-state index contributed by atoms with van der Waals surface area (Å²) in [7, 11) is 0. The fraction of sp³-hybridized carbons (Fsp3) is 0.188. The predicted octanol–water partition coefficient (Wildman–Crippen LogP) is 1.08. The Morgan fingerprint density at radius 3 is 2.65 bits per heavy atom. The van der Waals surface area contributed by atoms with E-state index in [0.29, 0.717) is 12.1 Å². The molecule has 0 radical (unpaired) electrons. The van der Waals surface area contributed by atoms with Gasteiger partial charge < -0.3 is 9.72 Å². The number of aromatic amines is 2. The number of ether oxygens (including phenoxy) is 1. The number of benzene rings is 1. The van der Waals surface area contributed by atoms with E-state index in [0.717, 1.165) is 10.1 Å². The van der Waals surface area contributed by atoms with Crippen molar-refractivity contribution in [2.24, 2.45) is 0 Å². The molecule has 1 aromatic carbocycles. The van der Waals surface area contributed by atoms with Crippen molar-refractivity contribution in [1.29, 1.82) is 0 Å². The van der Waals surface area contributed by atoms with Gasteiger partial charge in [-0.05, 0) is 12.5 Å². The molecule has 0 saturated carbocycles. The largest absolute Gasteiger partial charge is 0.462 e. The summed E-state index contributed by atoms with van der Waals surface area (Å²) in [5, 5.41) is 2.34. The minimum Gasteiger partial charge on any atom is -0.462 e. The number of carbonyl (C=O) groups is 1. The van der Waals surface area contributed by atoms with E-state index >= 15 is 0 Å². The standard InChI is InChI=1S/C16H15N3O4/c1-2-23-16(22)13-14-17-11(8-10-6-4-3-5-7-10)9-12(20)19(14)18-15(13)21/h3-7,9,17H,2,8H2,1H3,(H,18,21). The third kappa shape index (κ3) is 2.80. The van der Waals surface area contributed by atoms with Crippen LogP contribution in [0.5, 0.6) is 0 Å². The van der Waals surface area contributed by atoms with Crippen molar-refractivity contribution in [3.8, 4) is 0 Å². The third-order valence-electron chi connectivity index (χ3n) is 3.41. The zero-order chi connectivity index (χ0) is 16.4. The molecule has 0 aliphatic rings. The summed E-state index contributed by atoms with van der Waals surface area (Å²) in [6.45, 7) is 1.79. The number of fused-ring (bicyclic) bond motifs is 1. The molecule has 3 aromatic rings. The average Bonchev–Trinajstić information content (AvgIpc) is 2.85. The van der Waals surface area contributed by atoms with E-state index in [1.807, 2.05) is 30.3 Å². The Morgan fingerprint density at radius 2 is 1.96 bits per heavy atom. The first-order chi connectivity index (χ1) is 11.1. The number of hydrogen-bond donors (Lipinski definition) is 2. The molecule has 2 aromatic heterocycles. The molecule has 0 saturated heterocycles. The van der Waals surface area contributed by atoms with Crippen molar-refractivity contribution in [3.63, 3.8) is 0 Å². The van der Waals surface area contributed by atoms with Crippen LogP contribution >= 0.6 is 0 Å². The number of aromatic nitrogens is 3. The first kappa shape index (κ1) is 14.8. The van der Waals surface area contributed by atoms with Gasteiger partial charge in [-0.15, -0.1) is 0 Å². The lowest BCUT2D eigenvalue weighted by atomic mass is 10.1. The Balaban J connectivity index is 2.12. The molecule has 2 N–H and O–H groups in total. The second-order valence-electron chi connectivity index (χ2n) is 5.02. The molecule has 118 valence electrons. The van der Waals surface area contributed by atoms with Crippen molar-refractivity contribution in [3.05, 3.63) is 73.9 Å². The highest BCUT2D eigenvalue weighted by Gasteiger charge is 2.20. The number of H-pyrrole nitrogens is 2. The van der Waals surface area contributed by atoms with Crippen LogP contribution in [-0.4, -0.2) is 27.2 Å². The SMILES string of the molecule is CCOC(=O)c1c(=O)[nH]n2c(=O)cc(Cc3ccccc3)[nH]c12. The first-order valence-electron chi connectivity index (χ1n) is 7.18. The predicted molar refractivity (Wildman–Crippen MR) is 83.8 cm³/mol. The molecule has 0 fully saturated rings. The van der Waals surface area contributed by atoms with Crippen LogP contribution < -0.4 is 11.1 Å². The van der Waals surface area contributed by atoms with Gasteiger partial charge >= 0.3 is 5.97 Å². The molecule has 0 unspecified atom stereocenters. The minimum atomic E-state index is -0.760. The molecule has 7 nitrogen and oxygen atoms in total. The van der Waals surface area contributed by atoms with Crippen molar-refractivity contribution >= 4 is 11.6 Å². The van der Waals surface area contributed by atoms with Crippen LogP contribution in [0.1, 0.15) is 28.5 Å². The quantitative estimate of drug-likeness (QED) is 0.705. The maximum atomic E-state index is 12.2. The van der Waals surface area contributed by atoms with E-state index < -0.39 is 17.1 Å². The molecule has 23 heavy (non-hydrogen) atoms. The number of nitrogens with one attached hydrogen (secondary N) is 2. The van der Waals surface area contributed by atoms with Gasteiger partial charge in [0.15, 0.2) is 11.2 Å². The highest BCUT2D eigenvalue weighted by Crippen LogP contribution is 2.09. The highest BCUT2D eigenvalue weighted by atomic mass is 16.5. The van der Waals surface area contributed by atoms with Gasteiger partial charge in [-0.25, -0.2) is 4.79 Å². The fourth-order valence-electron chi connectivity index (χ4n) is 2.42. The summed E-state index contributed by atoms with van der Waals surface area (Å²) in [5.41, 5.74) is 0.450. The Hall–Kier alpha value is -3.09. The smallest absolute Gasteiger partial charge is 0.347 e. The molecule has 0 spiro atoms. The van der Waals surface area contributed by atoms with E-state index in [2.05, 4.69) is 10.1 Å². The summed E-state index contributed by atoms with van der Waals surface area (Å²) < 4.78 is 5.90. The van der Waals surface area contributed by atoms with Crippen LogP contribution in [0.2, 0.25) is 0 Å². The van der Waals surface area contributed by atoms with Crippen LogP contribution in [0.15, 0.2) is 46.0 Å². The third-order valence-corrected chi connectivity index (χ3v) is 3.41. The number of hydrogen-bond acceptors (Lipinski definition) is 4. The summed E-state index contributed by atoms with van der Waals surface area (Å²) >= 11 is 0. The molecule has 0 bridgehead atoms. The van der Waals surface area contributed by atoms with Crippen molar-refractivity contribution in [2.75, 3.05) is 6.61 Å². The lowest BCUT2D eigenvalue weighted by Gasteiger charge is -2.04. The van der Waals surface area contributed by atoms with E-state index in [-0.39, 0.29) is 17.8 Å². The van der Waals surface area contributed by atoms with Crippen LogP contribution in [0, 0.1) is 0 Å². The summed E-state index contributed by atoms with van der Waals surface area (Å²) in [5.74, 6) is -0.760. The maximum Gasteiger partial charge on any atom is 0.347 e. The van der Waals surface area contributed by atoms with Gasteiger partial charge in [0.2, 0.25) is 0 Å². The molecule has 0 aliphatic heterocycles. The van der Waals surface area contributed by atoms with Gasteiger partial charge in [-0.2, -0.15) is 4.52 Å². The highest BCUT2D eigenvalue weighted by molar-refractivity contribution is 5.95. The second kappa shape index (κ2) is 5.96. The van der Waals surface area contributed by atoms with Crippen molar-refractivity contribution in [2.45, 2.75) is 13.3 Å². The van der Waals surface area contributed by atoms with Crippen molar-refractivity contribution in [1.82, 2.24) is 14.6 Å². The average molecular weight is 313 g/mol. The molecule has 0 amide bonds. The van der Waals surface area contributed by atoms with E-state index in [1.54, 1.807) is 6.92 Å². The Morgan fingerprint density at radius 1 is 1.22 bits per heavy atom. The molecule has 0 aliphatic carbocycles. The topological polar surface area (TPSA) is 96.4 Å². The number of nitrogens with zero attached hydrogens (tertiary/aromatic N) is 1. The normalized spacial score (nSPS) is 10.8. The van der Waals surface area contributed by atoms with Gasteiger partial charge in [-0.3, -0.25) is 14.7 Å². The van der Waals surface area contributed by atoms with Crippen LogP contribution in [0.4, 0.5) is 0 Å². The number of carbonyl (C=O) groups excluding carboxylic acids is 1. The van der Waals surface area contributed by atoms with Gasteiger partial charge in [0, 0.05) is 18.2 Å². The monoisotopic (exact) mass is 313 g/mol. The maximum absolute atomic E-state index is 12.2. The Bertz CT molecular complexity index is 966. The summed E-state index contributed by atoms with van der Waals surface area (Å²) in [6.07, 6.45) is 0.480. The molecule has 3 rings (SSSR count). The number of esters is 1. The van der Waals surface area contributed by atoms with Gasteiger partial charge in [-0.1, -0.05) is 30.3 Å². The lowest BCUT2D eigenvalue weighted by molar-refractivity contribution is 0.0527. The van der Waals surface area contributed by atoms with Crippen LogP contribution in [0.25, 0.3) is 5.65 Å². The molecule has 7 heteroatoms. The van der Waals surface area contributed by atoms with Crippen LogP contribution in [-0.2, 0) is 11.2 Å². The Kier molecular flexibility index (Phi) is 3.84. The second-order valence-corrected chi connectivity index (χ2v) is 5.02. The zero-order valence-electron chi connectivity index (χ0n) is 12.5. The Labute approximate surface area is 130 Å². The molecule has 0 atom stereocenters. The fourth-order valence-corrected chi connectivity index (χ4v) is 2.42.